The molecule has 0 aromatic heterocycles. The van der Waals surface area contributed by atoms with Gasteiger partial charge in [-0.1, -0.05) is 54.6 Å². The van der Waals surface area contributed by atoms with Gasteiger partial charge in [0.25, 0.3) is 11.8 Å². The van der Waals surface area contributed by atoms with E-state index in [4.69, 9.17) is 21.7 Å². The normalized spacial score (nSPS) is 13.4. The van der Waals surface area contributed by atoms with E-state index in [0.29, 0.717) is 44.2 Å². The second kappa shape index (κ2) is 12.6. The molecule has 1 heterocycles. The molecule has 1 aliphatic rings. The molecule has 2 amide bonds. The number of benzene rings is 4. The molecule has 0 N–H and O–H groups in total. The Morgan fingerprint density at radius 2 is 1.39 bits per heavy atom. The molecule has 0 atom stereocenters. The molecule has 1 fully saturated rings. The molecule has 1 saturated heterocycles. The van der Waals surface area contributed by atoms with Crippen molar-refractivity contribution in [3.8, 4) is 11.5 Å². The van der Waals surface area contributed by atoms with Gasteiger partial charge in [-0.15, -0.1) is 0 Å². The smallest absolute Gasteiger partial charge is 0.270 e. The number of carbonyl (C=O) groups excluding carboxylic acids is 2. The van der Waals surface area contributed by atoms with Crippen LogP contribution in [0.5, 0.6) is 11.5 Å². The summed E-state index contributed by atoms with van der Waals surface area (Å²) in [4.78, 5) is 30.3. The minimum Gasteiger partial charge on any atom is -0.490 e. The molecule has 206 valence electrons. The Morgan fingerprint density at radius 3 is 1.95 bits per heavy atom. The Kier molecular flexibility index (Phi) is 8.75. The summed E-state index contributed by atoms with van der Waals surface area (Å²) in [5.41, 5.74) is 1.99. The molecular weight excluding hydrogens is 654 g/mol. The Hall–Kier alpha value is -4.09. The Morgan fingerprint density at radius 1 is 0.829 bits per heavy atom. The number of para-hydroxylation sites is 2. The average Bonchev–Trinajstić information content (AvgIpc) is 2.97. The van der Waals surface area contributed by atoms with Crippen LogP contribution in [0.1, 0.15) is 18.1 Å². The molecule has 41 heavy (non-hydrogen) atoms. The van der Waals surface area contributed by atoms with Gasteiger partial charge in [-0.3, -0.25) is 19.4 Å². The molecule has 0 unspecified atom stereocenters. The first kappa shape index (κ1) is 28.4. The van der Waals surface area contributed by atoms with Crippen LogP contribution in [0.15, 0.2) is 103 Å². The maximum Gasteiger partial charge on any atom is 0.270 e. The third kappa shape index (κ3) is 6.01. The molecule has 1 aliphatic heterocycles. The number of hydrogen-bond acceptors (Lipinski definition) is 5. The molecule has 0 saturated carbocycles. The van der Waals surface area contributed by atoms with Crippen LogP contribution in [-0.2, 0) is 16.2 Å². The van der Waals surface area contributed by atoms with Gasteiger partial charge in [0, 0.05) is 5.56 Å². The molecule has 0 spiro atoms. The van der Waals surface area contributed by atoms with Gasteiger partial charge >= 0.3 is 0 Å². The first-order chi connectivity index (χ1) is 19.9. The lowest BCUT2D eigenvalue weighted by Crippen LogP contribution is -2.56. The number of thiocarbonyl (C=S) groups is 1. The first-order valence-corrected chi connectivity index (χ1v) is 14.2. The van der Waals surface area contributed by atoms with Crippen molar-refractivity contribution in [2.24, 2.45) is 0 Å². The number of amides is 2. The number of hydrogen-bond donors (Lipinski definition) is 0. The van der Waals surface area contributed by atoms with E-state index in [9.17, 15) is 14.0 Å². The van der Waals surface area contributed by atoms with E-state index in [1.165, 1.54) is 21.9 Å². The van der Waals surface area contributed by atoms with Gasteiger partial charge in [-0.05, 0) is 95.8 Å². The van der Waals surface area contributed by atoms with Crippen molar-refractivity contribution in [1.29, 1.82) is 0 Å². The second-order valence-corrected chi connectivity index (χ2v) is 10.5. The van der Waals surface area contributed by atoms with Crippen molar-refractivity contribution in [1.82, 2.24) is 0 Å². The maximum atomic E-state index is 14.2. The van der Waals surface area contributed by atoms with E-state index in [2.05, 4.69) is 22.6 Å². The van der Waals surface area contributed by atoms with Gasteiger partial charge in [-0.25, -0.2) is 4.39 Å². The number of rotatable bonds is 8. The topological polar surface area (TPSA) is 59.1 Å². The van der Waals surface area contributed by atoms with E-state index in [0.717, 1.165) is 0 Å². The summed E-state index contributed by atoms with van der Waals surface area (Å²) in [5, 5.41) is 0.0658. The van der Waals surface area contributed by atoms with Crippen molar-refractivity contribution in [2.45, 2.75) is 13.5 Å². The molecule has 4 aromatic rings. The van der Waals surface area contributed by atoms with Gasteiger partial charge in [0.2, 0.25) is 0 Å². The molecule has 0 aliphatic carbocycles. The minimum atomic E-state index is -0.536. The van der Waals surface area contributed by atoms with E-state index in [1.807, 2.05) is 19.1 Å². The number of halogens is 2. The highest BCUT2D eigenvalue weighted by atomic mass is 127. The molecule has 0 radical (unpaired) electrons. The summed E-state index contributed by atoms with van der Waals surface area (Å²) in [7, 11) is 0. The minimum absolute atomic E-state index is 0.00960. The van der Waals surface area contributed by atoms with Crippen molar-refractivity contribution < 1.29 is 23.5 Å². The molecule has 9 heteroatoms. The third-order valence-corrected chi connectivity index (χ3v) is 7.42. The second-order valence-electron chi connectivity index (χ2n) is 8.94. The summed E-state index contributed by atoms with van der Waals surface area (Å²) < 4.78 is 26.7. The zero-order valence-corrected chi connectivity index (χ0v) is 24.9. The van der Waals surface area contributed by atoms with E-state index in [1.54, 1.807) is 78.9 Å². The zero-order valence-electron chi connectivity index (χ0n) is 21.9. The number of nitrogens with zero attached hydrogens (tertiary/aromatic N) is 2. The van der Waals surface area contributed by atoms with Crippen molar-refractivity contribution in [2.75, 3.05) is 16.4 Å². The predicted octanol–water partition coefficient (Wildman–Crippen LogP) is 7.16. The highest BCUT2D eigenvalue weighted by Crippen LogP contribution is 2.37. The van der Waals surface area contributed by atoms with Crippen LogP contribution in [-0.4, -0.2) is 23.5 Å². The fourth-order valence-corrected chi connectivity index (χ4v) is 5.50. The molecular formula is C32H24FIN2O4S. The number of ether oxygens (including phenoxy) is 2. The zero-order chi connectivity index (χ0) is 28.9. The van der Waals surface area contributed by atoms with Crippen molar-refractivity contribution in [3.05, 3.63) is 123 Å². The quantitative estimate of drug-likeness (QED) is 0.0858. The monoisotopic (exact) mass is 678 g/mol. The Bertz CT molecular complexity index is 1580. The third-order valence-electron chi connectivity index (χ3n) is 6.25. The van der Waals surface area contributed by atoms with Crippen LogP contribution in [0.3, 0.4) is 0 Å². The van der Waals surface area contributed by atoms with Crippen molar-refractivity contribution in [3.63, 3.8) is 0 Å². The lowest BCUT2D eigenvalue weighted by Gasteiger charge is -2.36. The summed E-state index contributed by atoms with van der Waals surface area (Å²) in [6.45, 7) is 2.20. The van der Waals surface area contributed by atoms with Gasteiger partial charge in [-0.2, -0.15) is 0 Å². The van der Waals surface area contributed by atoms with Crippen LogP contribution < -0.4 is 19.3 Å². The van der Waals surface area contributed by atoms with Crippen molar-refractivity contribution >= 4 is 69.2 Å². The fourth-order valence-electron chi connectivity index (χ4n) is 4.35. The standard InChI is InChI=1S/C32H24FIN2O4S/c1-2-39-28-19-21(18-27(34)29(28)40-20-22-11-9-10-16-26(22)33)17-25-30(37)35(23-12-5-3-6-13-23)32(41)36(31(25)38)24-14-7-4-8-15-24/h3-19H,2,20H2,1H3. The Labute approximate surface area is 256 Å². The lowest BCUT2D eigenvalue weighted by molar-refractivity contribution is -0.120. The average molecular weight is 679 g/mol. The van der Waals surface area contributed by atoms with Crippen LogP contribution >= 0.6 is 34.8 Å². The summed E-state index contributed by atoms with van der Waals surface area (Å²) in [6.07, 6.45) is 1.53. The lowest BCUT2D eigenvalue weighted by atomic mass is 10.0. The molecule has 5 rings (SSSR count). The number of anilines is 2. The van der Waals surface area contributed by atoms with Crippen LogP contribution in [0.25, 0.3) is 6.08 Å². The summed E-state index contributed by atoms with van der Waals surface area (Å²) in [6, 6.07) is 27.8. The van der Waals surface area contributed by atoms with Gasteiger partial charge in [0.15, 0.2) is 16.6 Å². The predicted molar refractivity (Wildman–Crippen MR) is 169 cm³/mol. The van der Waals surface area contributed by atoms with Gasteiger partial charge in [0.05, 0.1) is 21.6 Å². The Balaban J connectivity index is 1.56. The van der Waals surface area contributed by atoms with Crippen LogP contribution in [0.2, 0.25) is 0 Å². The maximum absolute atomic E-state index is 14.2. The number of carbonyl (C=O) groups is 2. The van der Waals surface area contributed by atoms with E-state index < -0.39 is 11.8 Å². The van der Waals surface area contributed by atoms with Crippen LogP contribution in [0, 0.1) is 9.39 Å². The van der Waals surface area contributed by atoms with Gasteiger partial charge in [0.1, 0.15) is 18.0 Å². The largest absolute Gasteiger partial charge is 0.490 e. The molecule has 0 bridgehead atoms. The fraction of sp³-hybridized carbons (Fsp3) is 0.0938. The van der Waals surface area contributed by atoms with Crippen LogP contribution in [0.4, 0.5) is 15.8 Å². The summed E-state index contributed by atoms with van der Waals surface area (Å²) in [5.74, 6) is -0.580. The SMILES string of the molecule is CCOc1cc(C=C2C(=O)N(c3ccccc3)C(=S)N(c3ccccc3)C2=O)cc(I)c1OCc1ccccc1F. The first-order valence-electron chi connectivity index (χ1n) is 12.8. The van der Waals surface area contributed by atoms with E-state index in [-0.39, 0.29) is 23.1 Å². The highest BCUT2D eigenvalue weighted by Gasteiger charge is 2.41. The molecule has 6 nitrogen and oxygen atoms in total. The highest BCUT2D eigenvalue weighted by molar-refractivity contribution is 14.1. The van der Waals surface area contributed by atoms with Gasteiger partial charge < -0.3 is 9.47 Å². The van der Waals surface area contributed by atoms with E-state index >= 15 is 0 Å². The molecule has 4 aromatic carbocycles. The summed E-state index contributed by atoms with van der Waals surface area (Å²) >= 11 is 7.77.